The molecule has 0 saturated heterocycles. The van der Waals surface area contributed by atoms with Crippen LogP contribution in [0.5, 0.6) is 0 Å². The molecule has 3 aromatic heterocycles. The lowest BCUT2D eigenvalue weighted by atomic mass is 10.0. The van der Waals surface area contributed by atoms with E-state index in [1.807, 2.05) is 29.9 Å². The van der Waals surface area contributed by atoms with Gasteiger partial charge in [-0.1, -0.05) is 24.3 Å². The molecule has 34 heavy (non-hydrogen) atoms. The van der Waals surface area contributed by atoms with E-state index in [1.165, 1.54) is 6.20 Å². The number of carbonyl (C=O) groups excluding carboxylic acids is 1. The van der Waals surface area contributed by atoms with Gasteiger partial charge in [0.2, 0.25) is 5.91 Å². The molecule has 0 bridgehead atoms. The molecule has 7 nitrogen and oxygen atoms in total. The molecule has 0 aliphatic rings. The van der Waals surface area contributed by atoms with Gasteiger partial charge in [0, 0.05) is 43.3 Å². The van der Waals surface area contributed by atoms with Crippen LogP contribution in [0.25, 0.3) is 11.1 Å². The van der Waals surface area contributed by atoms with Crippen molar-refractivity contribution in [1.82, 2.24) is 24.7 Å². The quantitative estimate of drug-likeness (QED) is 0.432. The molecule has 0 unspecified atom stereocenters. The zero-order chi connectivity index (χ0) is 24.1. The number of aryl methyl sites for hydroxylation is 1. The van der Waals surface area contributed by atoms with Gasteiger partial charge in [0.25, 0.3) is 0 Å². The van der Waals surface area contributed by atoms with Gasteiger partial charge in [0.15, 0.2) is 0 Å². The van der Waals surface area contributed by atoms with E-state index in [0.29, 0.717) is 24.0 Å². The highest BCUT2D eigenvalue weighted by molar-refractivity contribution is 5.92. The maximum absolute atomic E-state index is 12.8. The molecule has 0 atom stereocenters. The molecule has 0 radical (unpaired) electrons. The van der Waals surface area contributed by atoms with Crippen LogP contribution in [0.1, 0.15) is 29.4 Å². The van der Waals surface area contributed by atoms with Crippen LogP contribution in [0, 0.1) is 0 Å². The first-order valence-corrected chi connectivity index (χ1v) is 10.5. The van der Waals surface area contributed by atoms with Crippen molar-refractivity contribution in [2.75, 3.05) is 5.32 Å². The van der Waals surface area contributed by atoms with Gasteiger partial charge in [-0.05, 0) is 29.7 Å². The Morgan fingerprint density at radius 1 is 0.971 bits per heavy atom. The van der Waals surface area contributed by atoms with E-state index in [-0.39, 0.29) is 12.1 Å². The number of carbonyl (C=O) groups is 1. The first-order valence-electron chi connectivity index (χ1n) is 10.5. The second kappa shape index (κ2) is 9.82. The van der Waals surface area contributed by atoms with Gasteiger partial charge in [-0.25, -0.2) is 9.97 Å². The zero-order valence-corrected chi connectivity index (χ0v) is 18.3. The van der Waals surface area contributed by atoms with Crippen molar-refractivity contribution in [1.29, 1.82) is 0 Å². The van der Waals surface area contributed by atoms with Crippen LogP contribution in [-0.4, -0.2) is 30.6 Å². The molecule has 0 saturated carbocycles. The second-order valence-electron chi connectivity index (χ2n) is 7.65. The van der Waals surface area contributed by atoms with E-state index in [0.717, 1.165) is 29.3 Å². The first-order chi connectivity index (χ1) is 16.3. The molecule has 1 aromatic carbocycles. The molecule has 174 valence electrons. The van der Waals surface area contributed by atoms with Crippen molar-refractivity contribution >= 4 is 11.6 Å². The summed E-state index contributed by atoms with van der Waals surface area (Å²) in [6.07, 6.45) is 5.23. The minimum Gasteiger partial charge on any atom is -0.324 e. The van der Waals surface area contributed by atoms with Gasteiger partial charge < -0.3 is 5.32 Å². The number of rotatable bonds is 7. The Labute approximate surface area is 193 Å². The normalized spacial score (nSPS) is 11.4. The summed E-state index contributed by atoms with van der Waals surface area (Å²) in [5.41, 5.74) is 2.55. The average molecular weight is 466 g/mol. The molecule has 0 aliphatic heterocycles. The Balaban J connectivity index is 1.36. The van der Waals surface area contributed by atoms with Crippen LogP contribution in [-0.2, 0) is 30.4 Å². The fourth-order valence-corrected chi connectivity index (χ4v) is 3.32. The summed E-state index contributed by atoms with van der Waals surface area (Å²) in [7, 11) is 0. The Bertz CT molecular complexity index is 1270. The summed E-state index contributed by atoms with van der Waals surface area (Å²) in [4.78, 5) is 24.7. The van der Waals surface area contributed by atoms with Crippen LogP contribution in [0.15, 0.2) is 67.5 Å². The molecular weight excluding hydrogens is 445 g/mol. The van der Waals surface area contributed by atoms with Gasteiger partial charge in [0.1, 0.15) is 5.82 Å². The van der Waals surface area contributed by atoms with E-state index in [4.69, 9.17) is 0 Å². The van der Waals surface area contributed by atoms with Gasteiger partial charge >= 0.3 is 6.18 Å². The fraction of sp³-hybridized carbons (Fsp3) is 0.208. The number of anilines is 1. The number of alkyl halides is 3. The van der Waals surface area contributed by atoms with Crippen molar-refractivity contribution in [3.63, 3.8) is 0 Å². The number of hydrogen-bond donors (Lipinski definition) is 1. The van der Waals surface area contributed by atoms with Crippen molar-refractivity contribution in [3.8, 4) is 11.1 Å². The second-order valence-corrected chi connectivity index (χ2v) is 7.65. The highest BCUT2D eigenvalue weighted by Gasteiger charge is 2.31. The molecule has 0 spiro atoms. The lowest BCUT2D eigenvalue weighted by molar-refractivity contribution is -0.137. The average Bonchev–Trinajstić information content (AvgIpc) is 3.27. The Morgan fingerprint density at radius 2 is 1.71 bits per heavy atom. The molecule has 4 aromatic rings. The van der Waals surface area contributed by atoms with E-state index in [9.17, 15) is 18.0 Å². The van der Waals surface area contributed by atoms with Gasteiger partial charge in [0.05, 0.1) is 30.1 Å². The topological polar surface area (TPSA) is 85.6 Å². The number of aromatic nitrogens is 5. The Kier molecular flexibility index (Phi) is 6.67. The van der Waals surface area contributed by atoms with Crippen LogP contribution in [0.3, 0.4) is 0 Å². The van der Waals surface area contributed by atoms with Gasteiger partial charge in [-0.2, -0.15) is 18.3 Å². The number of halogens is 3. The summed E-state index contributed by atoms with van der Waals surface area (Å²) in [6, 6.07) is 8.11. The van der Waals surface area contributed by atoms with Crippen LogP contribution in [0.4, 0.5) is 18.9 Å². The van der Waals surface area contributed by atoms with Crippen molar-refractivity contribution in [2.24, 2.45) is 0 Å². The number of hydrogen-bond acceptors (Lipinski definition) is 5. The number of amides is 1. The summed E-state index contributed by atoms with van der Waals surface area (Å²) in [6.45, 7) is 2.83. The number of nitrogens with one attached hydrogen (secondary N) is 1. The molecule has 10 heteroatoms. The van der Waals surface area contributed by atoms with E-state index in [1.54, 1.807) is 30.7 Å². The lowest BCUT2D eigenvalue weighted by Gasteiger charge is -2.09. The summed E-state index contributed by atoms with van der Waals surface area (Å²) in [5, 5.41) is 6.70. The van der Waals surface area contributed by atoms with Gasteiger partial charge in [-0.3, -0.25) is 14.5 Å². The largest absolute Gasteiger partial charge is 0.417 e. The third-order valence-corrected chi connectivity index (χ3v) is 5.08. The molecule has 1 N–H and O–H groups in total. The third kappa shape index (κ3) is 5.83. The molecule has 3 heterocycles. The van der Waals surface area contributed by atoms with Crippen molar-refractivity contribution < 1.29 is 18.0 Å². The maximum atomic E-state index is 12.8. The minimum absolute atomic E-state index is 0.00396. The monoisotopic (exact) mass is 466 g/mol. The van der Waals surface area contributed by atoms with Gasteiger partial charge in [-0.15, -0.1) is 0 Å². The fourth-order valence-electron chi connectivity index (χ4n) is 3.32. The summed E-state index contributed by atoms with van der Waals surface area (Å²) < 4.78 is 40.2. The van der Waals surface area contributed by atoms with E-state index < -0.39 is 17.6 Å². The predicted octanol–water partition coefficient (Wildman–Crippen LogP) is 4.55. The third-order valence-electron chi connectivity index (χ3n) is 5.08. The van der Waals surface area contributed by atoms with Crippen LogP contribution in [0.2, 0.25) is 0 Å². The zero-order valence-electron chi connectivity index (χ0n) is 18.3. The number of benzene rings is 1. The van der Waals surface area contributed by atoms with Crippen molar-refractivity contribution in [2.45, 2.75) is 32.5 Å². The molecule has 0 aliphatic carbocycles. The number of nitrogens with zero attached hydrogens (tertiary/aromatic N) is 5. The maximum Gasteiger partial charge on any atom is 0.417 e. The predicted molar refractivity (Wildman–Crippen MR) is 120 cm³/mol. The van der Waals surface area contributed by atoms with Crippen LogP contribution < -0.4 is 5.32 Å². The minimum atomic E-state index is -4.52. The number of pyridine rings is 1. The Morgan fingerprint density at radius 3 is 2.35 bits per heavy atom. The van der Waals surface area contributed by atoms with Crippen LogP contribution >= 0.6 is 0 Å². The summed E-state index contributed by atoms with van der Waals surface area (Å²) >= 11 is 0. The SMILES string of the molecule is CCn1cc(Cc2ncc(-c3ccc(CC(=O)Nc4cncc(C(F)(F)F)c4)cc3)cn2)cn1. The molecule has 1 amide bonds. The van der Waals surface area contributed by atoms with E-state index in [2.05, 4.69) is 25.4 Å². The molecular formula is C24H21F3N6O. The smallest absolute Gasteiger partial charge is 0.324 e. The van der Waals surface area contributed by atoms with Crippen molar-refractivity contribution in [3.05, 3.63) is 90.0 Å². The lowest BCUT2D eigenvalue weighted by Crippen LogP contribution is -2.15. The summed E-state index contributed by atoms with van der Waals surface area (Å²) in [5.74, 6) is 0.254. The Hall–Kier alpha value is -4.08. The highest BCUT2D eigenvalue weighted by atomic mass is 19.4. The first kappa shape index (κ1) is 23.1. The molecule has 0 fully saturated rings. The highest BCUT2D eigenvalue weighted by Crippen LogP contribution is 2.30. The van der Waals surface area contributed by atoms with E-state index >= 15 is 0 Å². The molecule has 4 rings (SSSR count). The standard InChI is InChI=1S/C24H21F3N6O/c1-2-33-15-17(10-31-33)7-22-29-11-19(12-30-22)18-5-3-16(4-6-18)8-23(34)32-21-9-20(13-28-14-21)24(25,26)27/h3-6,9-15H,2,7-8H2,1H3,(H,32,34).